The number of hydrogen-bond acceptors (Lipinski definition) is 11. The summed E-state index contributed by atoms with van der Waals surface area (Å²) in [5, 5.41) is 23.1. The fourth-order valence-corrected chi connectivity index (χ4v) is 5.71. The Labute approximate surface area is 219 Å². The van der Waals surface area contributed by atoms with Crippen molar-refractivity contribution in [2.75, 3.05) is 55.7 Å². The van der Waals surface area contributed by atoms with Gasteiger partial charge in [-0.3, -0.25) is 0 Å². The molecule has 0 unspecified atom stereocenters. The first kappa shape index (κ1) is 25.6. The Balaban J connectivity index is 1.33. The Kier molecular flexibility index (Phi) is 7.51. The quantitative estimate of drug-likeness (QED) is 0.212. The molecule has 1 saturated heterocycles. The Bertz CT molecular complexity index is 1550. The molecule has 198 valence electrons. The summed E-state index contributed by atoms with van der Waals surface area (Å²) >= 11 is 0. The third-order valence-corrected chi connectivity index (χ3v) is 8.00. The van der Waals surface area contributed by atoms with Gasteiger partial charge in [-0.1, -0.05) is 29.4 Å². The highest BCUT2D eigenvalue weighted by molar-refractivity contribution is 7.89. The van der Waals surface area contributed by atoms with Crippen molar-refractivity contribution in [1.29, 1.82) is 0 Å². The van der Waals surface area contributed by atoms with Gasteiger partial charge >= 0.3 is 0 Å². The third kappa shape index (κ3) is 5.45. The van der Waals surface area contributed by atoms with Crippen LogP contribution >= 0.6 is 0 Å². The van der Waals surface area contributed by atoms with Crippen LogP contribution in [0, 0.1) is 0 Å². The summed E-state index contributed by atoms with van der Waals surface area (Å²) in [6.45, 7) is 2.08. The molecule has 0 amide bonds. The van der Waals surface area contributed by atoms with Crippen LogP contribution in [0.5, 0.6) is 0 Å². The van der Waals surface area contributed by atoms with Crippen molar-refractivity contribution >= 4 is 56.3 Å². The predicted molar refractivity (Wildman–Crippen MR) is 146 cm³/mol. The van der Waals surface area contributed by atoms with Gasteiger partial charge in [0.2, 0.25) is 16.0 Å². The molecule has 38 heavy (non-hydrogen) atoms. The van der Waals surface area contributed by atoms with Gasteiger partial charge in [0.15, 0.2) is 11.4 Å². The molecule has 12 nitrogen and oxygen atoms in total. The molecule has 0 saturated carbocycles. The fourth-order valence-electron chi connectivity index (χ4n) is 4.12. The molecule has 0 aliphatic carbocycles. The van der Waals surface area contributed by atoms with Gasteiger partial charge in [-0.2, -0.15) is 4.31 Å². The molecule has 3 heterocycles. The van der Waals surface area contributed by atoms with Crippen molar-refractivity contribution in [2.45, 2.75) is 4.90 Å². The second-order valence-electron chi connectivity index (χ2n) is 8.61. The van der Waals surface area contributed by atoms with Gasteiger partial charge in [0, 0.05) is 61.9 Å². The molecule has 0 atom stereocenters. The summed E-state index contributed by atoms with van der Waals surface area (Å²) in [6, 6.07) is 10.5. The number of benzene rings is 2. The van der Waals surface area contributed by atoms with Gasteiger partial charge in [-0.05, 0) is 24.3 Å². The highest BCUT2D eigenvalue weighted by Gasteiger charge is 2.28. The molecule has 0 bridgehead atoms. The molecule has 0 radical (unpaired) electrons. The first-order valence-electron chi connectivity index (χ1n) is 12.1. The van der Waals surface area contributed by atoms with Crippen molar-refractivity contribution < 1.29 is 18.0 Å². The van der Waals surface area contributed by atoms with Crippen molar-refractivity contribution in [3.05, 3.63) is 59.9 Å². The van der Waals surface area contributed by atoms with E-state index in [9.17, 15) is 13.5 Å². The first-order chi connectivity index (χ1) is 18.5. The number of fused-ring (bicyclic) bond motifs is 1. The standard InChI is InChI=1S/C25H28N8O4S/c26-24-20-3-1-2-18(23(20)37-32-24)5-4-17-15-29-25(30-16-17)31-19-6-7-22(21(14-19)28-10-13-34)38(35,36)33-11-8-27-9-12-33/h1-7,14-16,27-28,34H,8-13H2,(H2,26,32)(H,29,30,31)/b5-4+. The van der Waals surface area contributed by atoms with Crippen LogP contribution in [-0.4, -0.2) is 72.3 Å². The SMILES string of the molecule is Nc1noc2c(/C=C/c3cnc(Nc4ccc(S(=O)(=O)N5CCNCC5)c(NCCO)c4)nc3)cccc12. The third-order valence-electron chi connectivity index (χ3n) is 6.04. The number of aromatic nitrogens is 3. The molecular formula is C25H28N8O4S. The molecule has 1 aliphatic rings. The van der Waals surface area contributed by atoms with Gasteiger partial charge in [0.1, 0.15) is 4.90 Å². The van der Waals surface area contributed by atoms with E-state index < -0.39 is 10.0 Å². The van der Waals surface area contributed by atoms with E-state index in [2.05, 4.69) is 31.1 Å². The van der Waals surface area contributed by atoms with Crippen LogP contribution in [0.2, 0.25) is 0 Å². The minimum atomic E-state index is -3.70. The number of sulfonamides is 1. The number of nitrogens with two attached hydrogens (primary N) is 1. The number of para-hydroxylation sites is 1. The summed E-state index contributed by atoms with van der Waals surface area (Å²) < 4.78 is 33.3. The minimum Gasteiger partial charge on any atom is -0.395 e. The van der Waals surface area contributed by atoms with Gasteiger partial charge in [-0.15, -0.1) is 0 Å². The number of nitrogen functional groups attached to an aromatic ring is 1. The molecule has 4 aromatic rings. The Morgan fingerprint density at radius 3 is 2.68 bits per heavy atom. The van der Waals surface area contributed by atoms with Gasteiger partial charge in [0.05, 0.1) is 17.7 Å². The number of aliphatic hydroxyl groups is 1. The van der Waals surface area contributed by atoms with E-state index in [4.69, 9.17) is 10.3 Å². The van der Waals surface area contributed by atoms with E-state index in [1.165, 1.54) is 4.31 Å². The maximum Gasteiger partial charge on any atom is 0.245 e. The molecule has 2 aromatic heterocycles. The number of aliphatic hydroxyl groups excluding tert-OH is 1. The molecule has 2 aromatic carbocycles. The number of nitrogens with zero attached hydrogens (tertiary/aromatic N) is 4. The lowest BCUT2D eigenvalue weighted by molar-refractivity contribution is 0.311. The highest BCUT2D eigenvalue weighted by Crippen LogP contribution is 2.29. The monoisotopic (exact) mass is 536 g/mol. The maximum absolute atomic E-state index is 13.2. The lowest BCUT2D eigenvalue weighted by Gasteiger charge is -2.27. The fraction of sp³-hybridized carbons (Fsp3) is 0.240. The van der Waals surface area contributed by atoms with Gasteiger partial charge < -0.3 is 31.3 Å². The molecule has 0 spiro atoms. The van der Waals surface area contributed by atoms with Crippen LogP contribution in [0.25, 0.3) is 23.1 Å². The summed E-state index contributed by atoms with van der Waals surface area (Å²) in [6.07, 6.45) is 7.04. The lowest BCUT2D eigenvalue weighted by Crippen LogP contribution is -2.46. The Morgan fingerprint density at radius 2 is 1.92 bits per heavy atom. The van der Waals surface area contributed by atoms with Crippen molar-refractivity contribution in [3.8, 4) is 0 Å². The molecule has 13 heteroatoms. The van der Waals surface area contributed by atoms with E-state index in [0.29, 0.717) is 54.9 Å². The largest absolute Gasteiger partial charge is 0.395 e. The number of rotatable bonds is 9. The van der Waals surface area contributed by atoms with E-state index in [1.807, 2.05) is 30.4 Å². The van der Waals surface area contributed by atoms with E-state index in [0.717, 1.165) is 16.5 Å². The molecule has 6 N–H and O–H groups in total. The second-order valence-corrected chi connectivity index (χ2v) is 10.5. The molecule has 1 aliphatic heterocycles. The number of piperazine rings is 1. The zero-order chi connectivity index (χ0) is 26.5. The summed E-state index contributed by atoms with van der Waals surface area (Å²) in [7, 11) is -3.70. The van der Waals surface area contributed by atoms with E-state index in [-0.39, 0.29) is 18.0 Å². The van der Waals surface area contributed by atoms with Gasteiger partial charge in [-0.25, -0.2) is 18.4 Å². The number of anilines is 4. The van der Waals surface area contributed by atoms with Crippen LogP contribution in [0.3, 0.4) is 0 Å². The maximum atomic E-state index is 13.2. The van der Waals surface area contributed by atoms with Gasteiger partial charge in [0.25, 0.3) is 0 Å². The van der Waals surface area contributed by atoms with E-state index in [1.54, 1.807) is 30.6 Å². The lowest BCUT2D eigenvalue weighted by atomic mass is 10.1. The topological polar surface area (TPSA) is 172 Å². The van der Waals surface area contributed by atoms with Crippen molar-refractivity contribution in [2.24, 2.45) is 0 Å². The minimum absolute atomic E-state index is 0.138. The highest BCUT2D eigenvalue weighted by atomic mass is 32.2. The average molecular weight is 537 g/mol. The molecule has 5 rings (SSSR count). The normalized spacial score (nSPS) is 14.8. The second kappa shape index (κ2) is 11.1. The Morgan fingerprint density at radius 1 is 1.13 bits per heavy atom. The number of nitrogens with one attached hydrogen (secondary N) is 3. The van der Waals surface area contributed by atoms with E-state index >= 15 is 0 Å². The average Bonchev–Trinajstić information content (AvgIpc) is 3.33. The zero-order valence-electron chi connectivity index (χ0n) is 20.5. The predicted octanol–water partition coefficient (Wildman–Crippen LogP) is 2.11. The Hall–Kier alpha value is -4.04. The van der Waals surface area contributed by atoms with Crippen LogP contribution in [0.15, 0.2) is 58.2 Å². The molecule has 1 fully saturated rings. The zero-order valence-corrected chi connectivity index (χ0v) is 21.3. The van der Waals surface area contributed by atoms with Crippen molar-refractivity contribution in [1.82, 2.24) is 24.7 Å². The smallest absolute Gasteiger partial charge is 0.245 e. The van der Waals surface area contributed by atoms with Crippen molar-refractivity contribution in [3.63, 3.8) is 0 Å². The van der Waals surface area contributed by atoms with Crippen LogP contribution in [0.1, 0.15) is 11.1 Å². The summed E-state index contributed by atoms with van der Waals surface area (Å²) in [4.78, 5) is 8.89. The number of hydrogen-bond donors (Lipinski definition) is 5. The van der Waals surface area contributed by atoms with Crippen LogP contribution in [0.4, 0.5) is 23.1 Å². The molecular weight excluding hydrogens is 508 g/mol. The first-order valence-corrected chi connectivity index (χ1v) is 13.5. The van der Waals surface area contributed by atoms with Crippen LogP contribution < -0.4 is 21.7 Å². The summed E-state index contributed by atoms with van der Waals surface area (Å²) in [5.74, 6) is 0.691. The summed E-state index contributed by atoms with van der Waals surface area (Å²) in [5.41, 5.74) is 9.01. The van der Waals surface area contributed by atoms with Crippen LogP contribution in [-0.2, 0) is 10.0 Å².